The Morgan fingerprint density at radius 3 is 2.84 bits per heavy atom. The third-order valence-electron chi connectivity index (χ3n) is 4.21. The lowest BCUT2D eigenvalue weighted by molar-refractivity contribution is 0.0929. The van der Waals surface area contributed by atoms with Crippen molar-refractivity contribution in [3.63, 3.8) is 0 Å². The van der Waals surface area contributed by atoms with Crippen LogP contribution in [0.25, 0.3) is 0 Å². The molecule has 128 valence electrons. The predicted octanol–water partition coefficient (Wildman–Crippen LogP) is 0.744. The Morgan fingerprint density at radius 2 is 2.16 bits per heavy atom. The SMILES string of the molecule is Cc1ncc(C(=O)NC2CCN(c3ncccc3C#N)CC2)c(=O)[nH]1. The number of carbonyl (C=O) groups is 1. The number of rotatable bonds is 3. The van der Waals surface area contributed by atoms with Crippen molar-refractivity contribution in [2.75, 3.05) is 18.0 Å². The quantitative estimate of drug-likeness (QED) is 0.853. The lowest BCUT2D eigenvalue weighted by atomic mass is 10.0. The Labute approximate surface area is 144 Å². The maximum absolute atomic E-state index is 12.3. The molecule has 0 radical (unpaired) electrons. The molecule has 0 aromatic carbocycles. The summed E-state index contributed by atoms with van der Waals surface area (Å²) in [6.45, 7) is 3.02. The first kappa shape index (κ1) is 16.6. The van der Waals surface area contributed by atoms with E-state index in [1.54, 1.807) is 25.3 Å². The van der Waals surface area contributed by atoms with Crippen LogP contribution in [0.2, 0.25) is 0 Å². The Morgan fingerprint density at radius 1 is 1.40 bits per heavy atom. The summed E-state index contributed by atoms with van der Waals surface area (Å²) in [5.74, 6) is 0.732. The Hall–Kier alpha value is -3.21. The Balaban J connectivity index is 1.62. The number of hydrogen-bond donors (Lipinski definition) is 2. The maximum atomic E-state index is 12.3. The molecule has 1 amide bonds. The topological polar surface area (TPSA) is 115 Å². The van der Waals surface area contributed by atoms with E-state index in [2.05, 4.69) is 26.3 Å². The average molecular weight is 338 g/mol. The molecule has 0 atom stereocenters. The molecular weight excluding hydrogens is 320 g/mol. The van der Waals surface area contributed by atoms with Crippen LogP contribution in [0, 0.1) is 18.3 Å². The van der Waals surface area contributed by atoms with E-state index in [0.717, 1.165) is 0 Å². The van der Waals surface area contributed by atoms with Gasteiger partial charge in [0.25, 0.3) is 11.5 Å². The summed E-state index contributed by atoms with van der Waals surface area (Å²) in [6.07, 6.45) is 4.39. The second-order valence-corrected chi connectivity index (χ2v) is 5.93. The van der Waals surface area contributed by atoms with Gasteiger partial charge in [0.15, 0.2) is 0 Å². The Kier molecular flexibility index (Phi) is 4.75. The number of aryl methyl sites for hydroxylation is 1. The molecule has 8 heteroatoms. The summed E-state index contributed by atoms with van der Waals surface area (Å²) in [4.78, 5) is 36.9. The van der Waals surface area contributed by atoms with Gasteiger partial charge in [-0.1, -0.05) is 0 Å². The van der Waals surface area contributed by atoms with Crippen LogP contribution in [0.1, 0.15) is 34.6 Å². The Bertz CT molecular complexity index is 877. The molecule has 25 heavy (non-hydrogen) atoms. The number of carbonyl (C=O) groups excluding carboxylic acids is 1. The van der Waals surface area contributed by atoms with Crippen LogP contribution < -0.4 is 15.8 Å². The number of anilines is 1. The van der Waals surface area contributed by atoms with Crippen molar-refractivity contribution >= 4 is 11.7 Å². The standard InChI is InChI=1S/C17H18N6O2/c1-11-20-10-14(16(24)21-11)17(25)22-13-4-7-23(8-5-13)15-12(9-18)3-2-6-19-15/h2-3,6,10,13H,4-5,7-8H2,1H3,(H,22,25)(H,20,21,24). The largest absolute Gasteiger partial charge is 0.355 e. The minimum atomic E-state index is -0.436. The molecule has 0 aliphatic carbocycles. The molecule has 1 aliphatic rings. The highest BCUT2D eigenvalue weighted by Gasteiger charge is 2.24. The number of nitriles is 1. The maximum Gasteiger partial charge on any atom is 0.263 e. The molecule has 2 N–H and O–H groups in total. The summed E-state index contributed by atoms with van der Waals surface area (Å²) in [7, 11) is 0. The van der Waals surface area contributed by atoms with Crippen LogP contribution >= 0.6 is 0 Å². The van der Waals surface area contributed by atoms with Crippen molar-refractivity contribution in [3.8, 4) is 6.07 Å². The second-order valence-electron chi connectivity index (χ2n) is 5.93. The summed E-state index contributed by atoms with van der Waals surface area (Å²) >= 11 is 0. The highest BCUT2D eigenvalue weighted by atomic mass is 16.2. The summed E-state index contributed by atoms with van der Waals surface area (Å²) < 4.78 is 0. The fourth-order valence-corrected chi connectivity index (χ4v) is 2.88. The predicted molar refractivity (Wildman–Crippen MR) is 91.2 cm³/mol. The molecule has 0 spiro atoms. The molecule has 3 heterocycles. The first-order valence-electron chi connectivity index (χ1n) is 8.05. The van der Waals surface area contributed by atoms with Gasteiger partial charge in [0, 0.05) is 31.5 Å². The monoisotopic (exact) mass is 338 g/mol. The zero-order chi connectivity index (χ0) is 17.8. The molecule has 1 aliphatic heterocycles. The summed E-state index contributed by atoms with van der Waals surface area (Å²) in [5, 5.41) is 12.1. The zero-order valence-corrected chi connectivity index (χ0v) is 13.8. The molecule has 2 aromatic heterocycles. The van der Waals surface area contributed by atoms with Crippen LogP contribution in [0.4, 0.5) is 5.82 Å². The summed E-state index contributed by atoms with van der Waals surface area (Å²) in [6, 6.07) is 5.60. The van der Waals surface area contributed by atoms with Gasteiger partial charge in [0.2, 0.25) is 0 Å². The molecule has 0 saturated carbocycles. The van der Waals surface area contributed by atoms with Gasteiger partial charge in [0.1, 0.15) is 23.3 Å². The number of aromatic nitrogens is 3. The van der Waals surface area contributed by atoms with Crippen LogP contribution in [-0.2, 0) is 0 Å². The van der Waals surface area contributed by atoms with Gasteiger partial charge in [-0.3, -0.25) is 9.59 Å². The number of nitrogens with zero attached hydrogens (tertiary/aromatic N) is 4. The van der Waals surface area contributed by atoms with Crippen LogP contribution in [0.3, 0.4) is 0 Å². The second kappa shape index (κ2) is 7.13. The van der Waals surface area contributed by atoms with Gasteiger partial charge in [0.05, 0.1) is 5.56 Å². The number of pyridine rings is 1. The number of piperidine rings is 1. The average Bonchev–Trinajstić information content (AvgIpc) is 2.62. The summed E-state index contributed by atoms with van der Waals surface area (Å²) in [5.41, 5.74) is 0.126. The molecule has 2 aromatic rings. The number of H-pyrrole nitrogens is 1. The highest BCUT2D eigenvalue weighted by Crippen LogP contribution is 2.21. The molecule has 8 nitrogen and oxygen atoms in total. The number of nitrogens with one attached hydrogen (secondary N) is 2. The fourth-order valence-electron chi connectivity index (χ4n) is 2.88. The van der Waals surface area contributed by atoms with Gasteiger partial charge in [-0.15, -0.1) is 0 Å². The molecule has 0 unspecified atom stereocenters. The first-order chi connectivity index (χ1) is 12.1. The molecular formula is C17H18N6O2. The van der Waals surface area contributed by atoms with E-state index in [4.69, 9.17) is 0 Å². The smallest absolute Gasteiger partial charge is 0.263 e. The number of aromatic amines is 1. The third-order valence-corrected chi connectivity index (χ3v) is 4.21. The van der Waals surface area contributed by atoms with Crippen molar-refractivity contribution in [2.45, 2.75) is 25.8 Å². The van der Waals surface area contributed by atoms with Crippen molar-refractivity contribution in [3.05, 3.63) is 51.8 Å². The van der Waals surface area contributed by atoms with Crippen molar-refractivity contribution < 1.29 is 4.79 Å². The van der Waals surface area contributed by atoms with Gasteiger partial charge >= 0.3 is 0 Å². The molecule has 3 rings (SSSR count). The van der Waals surface area contributed by atoms with E-state index < -0.39 is 11.5 Å². The van der Waals surface area contributed by atoms with E-state index in [0.29, 0.717) is 43.1 Å². The third kappa shape index (κ3) is 3.66. The minimum Gasteiger partial charge on any atom is -0.355 e. The number of hydrogen-bond acceptors (Lipinski definition) is 6. The van der Waals surface area contributed by atoms with Crippen LogP contribution in [0.15, 0.2) is 29.3 Å². The van der Waals surface area contributed by atoms with E-state index >= 15 is 0 Å². The van der Waals surface area contributed by atoms with Gasteiger partial charge < -0.3 is 15.2 Å². The van der Waals surface area contributed by atoms with Gasteiger partial charge in [-0.05, 0) is 31.9 Å². The van der Waals surface area contributed by atoms with E-state index in [1.807, 2.05) is 4.90 Å². The molecule has 1 saturated heterocycles. The molecule has 0 bridgehead atoms. The van der Waals surface area contributed by atoms with Crippen molar-refractivity contribution in [1.29, 1.82) is 5.26 Å². The van der Waals surface area contributed by atoms with Crippen LogP contribution in [-0.4, -0.2) is 40.0 Å². The van der Waals surface area contributed by atoms with Gasteiger partial charge in [-0.2, -0.15) is 5.26 Å². The van der Waals surface area contributed by atoms with E-state index in [-0.39, 0.29) is 11.6 Å². The number of amides is 1. The van der Waals surface area contributed by atoms with Crippen molar-refractivity contribution in [1.82, 2.24) is 20.3 Å². The highest BCUT2D eigenvalue weighted by molar-refractivity contribution is 5.93. The van der Waals surface area contributed by atoms with E-state index in [1.165, 1.54) is 6.20 Å². The lowest BCUT2D eigenvalue weighted by Gasteiger charge is -2.33. The lowest BCUT2D eigenvalue weighted by Crippen LogP contribution is -2.46. The minimum absolute atomic E-state index is 0.0181. The van der Waals surface area contributed by atoms with Gasteiger partial charge in [-0.25, -0.2) is 9.97 Å². The van der Waals surface area contributed by atoms with E-state index in [9.17, 15) is 14.9 Å². The fraction of sp³-hybridized carbons (Fsp3) is 0.353. The normalized spacial score (nSPS) is 14.8. The van der Waals surface area contributed by atoms with Crippen LogP contribution in [0.5, 0.6) is 0 Å². The first-order valence-corrected chi connectivity index (χ1v) is 8.05. The van der Waals surface area contributed by atoms with Crippen molar-refractivity contribution in [2.24, 2.45) is 0 Å². The molecule has 1 fully saturated rings. The zero-order valence-electron chi connectivity index (χ0n) is 13.8.